The van der Waals surface area contributed by atoms with E-state index in [1.165, 1.54) is 11.1 Å². The summed E-state index contributed by atoms with van der Waals surface area (Å²) in [7, 11) is -3.35. The van der Waals surface area contributed by atoms with Crippen LogP contribution in [0.5, 0.6) is 5.75 Å². The summed E-state index contributed by atoms with van der Waals surface area (Å²) in [6.45, 7) is 4.26. The van der Waals surface area contributed by atoms with Gasteiger partial charge >= 0.3 is 0 Å². The first kappa shape index (κ1) is 16.0. The molecule has 3 rings (SSSR count). The van der Waals surface area contributed by atoms with Crippen LogP contribution in [0.4, 0.5) is 0 Å². The van der Waals surface area contributed by atoms with Crippen molar-refractivity contribution in [3.63, 3.8) is 0 Å². The van der Waals surface area contributed by atoms with E-state index < -0.39 is 9.84 Å². The third-order valence-electron chi connectivity index (χ3n) is 4.01. The molecule has 0 saturated carbocycles. The van der Waals surface area contributed by atoms with Crippen molar-refractivity contribution in [3.05, 3.63) is 59.2 Å². The van der Waals surface area contributed by atoms with Gasteiger partial charge in [0.1, 0.15) is 5.75 Å². The number of ether oxygens (including phenoxy) is 1. The lowest BCUT2D eigenvalue weighted by molar-refractivity contribution is 0.340. The van der Waals surface area contributed by atoms with Crippen LogP contribution in [0.25, 0.3) is 0 Å². The Kier molecular flexibility index (Phi) is 4.68. The normalized spacial score (nSPS) is 14.3. The predicted octanol–water partition coefficient (Wildman–Crippen LogP) is 2.70. The SMILES string of the molecule is CCOc1ccc(S(=O)(=O)Cc2ccc3c(c2)CNCC3)cc1. The quantitative estimate of drug-likeness (QED) is 0.915. The lowest BCUT2D eigenvalue weighted by Crippen LogP contribution is -2.23. The summed E-state index contributed by atoms with van der Waals surface area (Å²) in [5, 5.41) is 3.32. The highest BCUT2D eigenvalue weighted by Crippen LogP contribution is 2.22. The second-order valence-electron chi connectivity index (χ2n) is 5.69. The van der Waals surface area contributed by atoms with E-state index in [9.17, 15) is 8.42 Å². The van der Waals surface area contributed by atoms with Gasteiger partial charge in [0.05, 0.1) is 17.3 Å². The van der Waals surface area contributed by atoms with Gasteiger partial charge in [-0.15, -0.1) is 0 Å². The van der Waals surface area contributed by atoms with Gasteiger partial charge in [-0.05, 0) is 60.8 Å². The third-order valence-corrected chi connectivity index (χ3v) is 5.71. The van der Waals surface area contributed by atoms with E-state index >= 15 is 0 Å². The summed E-state index contributed by atoms with van der Waals surface area (Å²) in [5.74, 6) is 0.708. The Balaban J connectivity index is 1.80. The van der Waals surface area contributed by atoms with Gasteiger partial charge in [-0.2, -0.15) is 0 Å². The van der Waals surface area contributed by atoms with Crippen LogP contribution in [0.15, 0.2) is 47.4 Å². The zero-order valence-electron chi connectivity index (χ0n) is 13.2. The average Bonchev–Trinajstić information content (AvgIpc) is 2.55. The minimum atomic E-state index is -3.35. The molecule has 0 aliphatic carbocycles. The number of benzene rings is 2. The molecule has 0 radical (unpaired) electrons. The second kappa shape index (κ2) is 6.72. The van der Waals surface area contributed by atoms with E-state index in [1.807, 2.05) is 19.1 Å². The van der Waals surface area contributed by atoms with Crippen molar-refractivity contribution < 1.29 is 13.2 Å². The molecule has 1 aliphatic rings. The molecule has 1 N–H and O–H groups in total. The van der Waals surface area contributed by atoms with Crippen LogP contribution in [0.2, 0.25) is 0 Å². The lowest BCUT2D eigenvalue weighted by atomic mass is 9.99. The molecular weight excluding hydrogens is 310 g/mol. The molecule has 0 saturated heterocycles. The smallest absolute Gasteiger partial charge is 0.182 e. The predicted molar refractivity (Wildman–Crippen MR) is 90.4 cm³/mol. The van der Waals surface area contributed by atoms with Crippen molar-refractivity contribution in [3.8, 4) is 5.75 Å². The molecule has 0 atom stereocenters. The van der Waals surface area contributed by atoms with E-state index in [0.29, 0.717) is 17.3 Å². The number of sulfone groups is 1. The van der Waals surface area contributed by atoms with Gasteiger partial charge in [0.15, 0.2) is 9.84 Å². The standard InChI is InChI=1S/C18H21NO3S/c1-2-22-17-5-7-18(8-6-17)23(20,21)13-14-3-4-15-9-10-19-12-16(15)11-14/h3-8,11,19H,2,9-10,12-13H2,1H3. The monoisotopic (exact) mass is 331 g/mol. The first-order chi connectivity index (χ1) is 11.1. The summed E-state index contributed by atoms with van der Waals surface area (Å²) in [5.41, 5.74) is 3.35. The molecule has 0 aromatic heterocycles. The average molecular weight is 331 g/mol. The fraction of sp³-hybridized carbons (Fsp3) is 0.333. The van der Waals surface area contributed by atoms with Crippen LogP contribution >= 0.6 is 0 Å². The van der Waals surface area contributed by atoms with Crippen LogP contribution < -0.4 is 10.1 Å². The van der Waals surface area contributed by atoms with Gasteiger partial charge in [-0.25, -0.2) is 8.42 Å². The largest absolute Gasteiger partial charge is 0.494 e. The number of rotatable bonds is 5. The Morgan fingerprint density at radius 1 is 1.09 bits per heavy atom. The van der Waals surface area contributed by atoms with Crippen LogP contribution in [-0.4, -0.2) is 21.6 Å². The Bertz CT molecular complexity index is 782. The maximum absolute atomic E-state index is 12.6. The summed E-state index contributed by atoms with van der Waals surface area (Å²) >= 11 is 0. The summed E-state index contributed by atoms with van der Waals surface area (Å²) in [6.07, 6.45) is 1.00. The van der Waals surface area contributed by atoms with Crippen LogP contribution in [0.1, 0.15) is 23.6 Å². The van der Waals surface area contributed by atoms with Crippen LogP contribution in [-0.2, 0) is 28.6 Å². The molecule has 0 unspecified atom stereocenters. The summed E-state index contributed by atoms with van der Waals surface area (Å²) < 4.78 is 30.5. The molecule has 2 aromatic carbocycles. The molecule has 5 heteroatoms. The molecule has 4 nitrogen and oxygen atoms in total. The fourth-order valence-electron chi connectivity index (χ4n) is 2.84. The van der Waals surface area contributed by atoms with E-state index in [-0.39, 0.29) is 5.75 Å². The third kappa shape index (κ3) is 3.74. The molecule has 0 spiro atoms. The Hall–Kier alpha value is -1.85. The molecular formula is C18H21NO3S. The van der Waals surface area contributed by atoms with Gasteiger partial charge in [-0.3, -0.25) is 0 Å². The van der Waals surface area contributed by atoms with Crippen molar-refractivity contribution in [1.82, 2.24) is 5.32 Å². The van der Waals surface area contributed by atoms with Gasteiger partial charge in [-0.1, -0.05) is 18.2 Å². The molecule has 1 aliphatic heterocycles. The maximum atomic E-state index is 12.6. The van der Waals surface area contributed by atoms with E-state index in [4.69, 9.17) is 4.74 Å². The maximum Gasteiger partial charge on any atom is 0.182 e. The molecule has 0 bridgehead atoms. The Morgan fingerprint density at radius 3 is 2.61 bits per heavy atom. The van der Waals surface area contributed by atoms with E-state index in [2.05, 4.69) is 11.4 Å². The Labute approximate surface area is 137 Å². The molecule has 23 heavy (non-hydrogen) atoms. The number of fused-ring (bicyclic) bond motifs is 1. The van der Waals surface area contributed by atoms with Crippen LogP contribution in [0.3, 0.4) is 0 Å². The van der Waals surface area contributed by atoms with Gasteiger partial charge in [0.25, 0.3) is 0 Å². The van der Waals surface area contributed by atoms with Crippen molar-refractivity contribution >= 4 is 9.84 Å². The zero-order chi connectivity index (χ0) is 16.3. The molecule has 0 fully saturated rings. The molecule has 0 amide bonds. The highest BCUT2D eigenvalue weighted by Gasteiger charge is 2.17. The first-order valence-electron chi connectivity index (χ1n) is 7.85. The molecule has 122 valence electrons. The number of hydrogen-bond donors (Lipinski definition) is 1. The van der Waals surface area contributed by atoms with Crippen LogP contribution in [0, 0.1) is 0 Å². The highest BCUT2D eigenvalue weighted by molar-refractivity contribution is 7.90. The van der Waals surface area contributed by atoms with Gasteiger partial charge in [0, 0.05) is 6.54 Å². The molecule has 1 heterocycles. The Morgan fingerprint density at radius 2 is 1.87 bits per heavy atom. The van der Waals surface area contributed by atoms with E-state index in [1.54, 1.807) is 24.3 Å². The van der Waals surface area contributed by atoms with Crippen molar-refractivity contribution in [1.29, 1.82) is 0 Å². The van der Waals surface area contributed by atoms with Crippen molar-refractivity contribution in [2.75, 3.05) is 13.2 Å². The van der Waals surface area contributed by atoms with Crippen molar-refractivity contribution in [2.24, 2.45) is 0 Å². The number of hydrogen-bond acceptors (Lipinski definition) is 4. The number of nitrogens with one attached hydrogen (secondary N) is 1. The van der Waals surface area contributed by atoms with Gasteiger partial charge < -0.3 is 10.1 Å². The fourth-order valence-corrected chi connectivity index (χ4v) is 4.17. The lowest BCUT2D eigenvalue weighted by Gasteiger charge is -2.18. The zero-order valence-corrected chi connectivity index (χ0v) is 14.0. The minimum absolute atomic E-state index is 0.0221. The second-order valence-corrected chi connectivity index (χ2v) is 7.68. The minimum Gasteiger partial charge on any atom is -0.494 e. The van der Waals surface area contributed by atoms with Crippen molar-refractivity contribution in [2.45, 2.75) is 30.5 Å². The first-order valence-corrected chi connectivity index (χ1v) is 9.51. The molecule has 2 aromatic rings. The summed E-state index contributed by atoms with van der Waals surface area (Å²) in [6, 6.07) is 12.6. The highest BCUT2D eigenvalue weighted by atomic mass is 32.2. The van der Waals surface area contributed by atoms with E-state index in [0.717, 1.165) is 25.1 Å². The summed E-state index contributed by atoms with van der Waals surface area (Å²) in [4.78, 5) is 0.330. The van der Waals surface area contributed by atoms with Gasteiger partial charge in [0.2, 0.25) is 0 Å². The topological polar surface area (TPSA) is 55.4 Å².